The van der Waals surface area contributed by atoms with Crippen molar-refractivity contribution in [1.82, 2.24) is 14.3 Å². The molecule has 2 N–H and O–H groups in total. The summed E-state index contributed by atoms with van der Waals surface area (Å²) in [6.45, 7) is 4.46. The molecule has 0 bridgehead atoms. The van der Waals surface area contributed by atoms with Crippen LogP contribution in [0.25, 0.3) is 5.65 Å². The van der Waals surface area contributed by atoms with Crippen molar-refractivity contribution in [2.45, 2.75) is 32.1 Å². The third-order valence-electron chi connectivity index (χ3n) is 4.20. The van der Waals surface area contributed by atoms with Crippen molar-refractivity contribution >= 4 is 11.6 Å². The minimum atomic E-state index is -1.02. The molecule has 1 fully saturated rings. The Labute approximate surface area is 134 Å². The van der Waals surface area contributed by atoms with Gasteiger partial charge >= 0.3 is 0 Å². The molecule has 7 heteroatoms. The number of aliphatic hydroxyl groups is 2. The first kappa shape index (κ1) is 15.9. The molecule has 1 aliphatic rings. The van der Waals surface area contributed by atoms with Gasteiger partial charge in [0.2, 0.25) is 0 Å². The Bertz CT molecular complexity index is 714. The van der Waals surface area contributed by atoms with Gasteiger partial charge < -0.3 is 24.3 Å². The molecule has 3 rings (SSSR count). The minimum absolute atomic E-state index is 0.0804. The summed E-state index contributed by atoms with van der Waals surface area (Å²) in [4.78, 5) is 18.7. The third-order valence-corrected chi connectivity index (χ3v) is 4.20. The van der Waals surface area contributed by atoms with E-state index in [1.807, 2.05) is 32.2 Å². The van der Waals surface area contributed by atoms with E-state index in [0.717, 1.165) is 5.56 Å². The maximum absolute atomic E-state index is 12.8. The first-order chi connectivity index (χ1) is 11.0. The van der Waals surface area contributed by atoms with E-state index >= 15 is 0 Å². The summed E-state index contributed by atoms with van der Waals surface area (Å²) in [5.74, 6) is -0.282. The molecule has 1 amide bonds. The predicted molar refractivity (Wildman–Crippen MR) is 83.3 cm³/mol. The second-order valence-electron chi connectivity index (χ2n) is 5.85. The number of hydrogen-bond acceptors (Lipinski definition) is 5. The summed E-state index contributed by atoms with van der Waals surface area (Å²) in [6, 6.07) is 3.26. The minimum Gasteiger partial charge on any atom is -0.388 e. The molecule has 0 saturated carbocycles. The normalized spacial score (nSPS) is 24.8. The summed E-state index contributed by atoms with van der Waals surface area (Å²) >= 11 is 0. The van der Waals surface area contributed by atoms with E-state index in [2.05, 4.69) is 4.98 Å². The largest absolute Gasteiger partial charge is 0.388 e. The third kappa shape index (κ3) is 2.95. The van der Waals surface area contributed by atoms with Crippen LogP contribution in [0.15, 0.2) is 24.5 Å². The van der Waals surface area contributed by atoms with Crippen LogP contribution < -0.4 is 0 Å². The zero-order chi connectivity index (χ0) is 16.6. The maximum atomic E-state index is 12.8. The maximum Gasteiger partial charge on any atom is 0.274 e. The van der Waals surface area contributed by atoms with Gasteiger partial charge in [-0.2, -0.15) is 0 Å². The first-order valence-corrected chi connectivity index (χ1v) is 7.71. The van der Waals surface area contributed by atoms with Crippen molar-refractivity contribution in [1.29, 1.82) is 0 Å². The van der Waals surface area contributed by atoms with Gasteiger partial charge in [0, 0.05) is 18.9 Å². The standard InChI is InChI=1S/C16H21N3O4/c1-3-19(12-8-23-9-13(20)15(12)21)16(22)11-7-18-5-4-10(2)6-14(18)17-11/h4-7,12-13,15,20-21H,3,8-9H2,1-2H3/t12-,13-,15+/m1/s1. The number of fused-ring (bicyclic) bond motifs is 1. The number of rotatable bonds is 3. The van der Waals surface area contributed by atoms with E-state index in [9.17, 15) is 15.0 Å². The lowest BCUT2D eigenvalue weighted by Crippen LogP contribution is -2.57. The Balaban J connectivity index is 1.89. The molecule has 1 aliphatic heterocycles. The SMILES string of the molecule is CCN(C(=O)c1cn2ccc(C)cc2n1)[C@@H]1COC[C@@H](O)[C@H]1O. The average molecular weight is 319 g/mol. The van der Waals surface area contributed by atoms with Gasteiger partial charge in [-0.15, -0.1) is 0 Å². The Morgan fingerprint density at radius 2 is 2.26 bits per heavy atom. The quantitative estimate of drug-likeness (QED) is 0.845. The van der Waals surface area contributed by atoms with E-state index in [1.54, 1.807) is 10.6 Å². The van der Waals surface area contributed by atoms with E-state index in [4.69, 9.17) is 4.74 Å². The molecular weight excluding hydrogens is 298 g/mol. The van der Waals surface area contributed by atoms with Crippen molar-refractivity contribution in [3.63, 3.8) is 0 Å². The molecule has 0 aromatic carbocycles. The van der Waals surface area contributed by atoms with Gasteiger partial charge in [-0.3, -0.25) is 4.79 Å². The van der Waals surface area contributed by atoms with Crippen LogP contribution >= 0.6 is 0 Å². The highest BCUT2D eigenvalue weighted by Crippen LogP contribution is 2.18. The van der Waals surface area contributed by atoms with Crippen molar-refractivity contribution in [3.8, 4) is 0 Å². The highest BCUT2D eigenvalue weighted by molar-refractivity contribution is 5.93. The van der Waals surface area contributed by atoms with E-state index in [0.29, 0.717) is 17.9 Å². The molecule has 0 spiro atoms. The zero-order valence-corrected chi connectivity index (χ0v) is 13.2. The van der Waals surface area contributed by atoms with Crippen LogP contribution in [0.5, 0.6) is 0 Å². The van der Waals surface area contributed by atoms with Gasteiger partial charge in [0.25, 0.3) is 5.91 Å². The second kappa shape index (κ2) is 6.27. The van der Waals surface area contributed by atoms with Crippen molar-refractivity contribution in [2.24, 2.45) is 0 Å². The van der Waals surface area contributed by atoms with Crippen LogP contribution in [0.3, 0.4) is 0 Å². The van der Waals surface area contributed by atoms with Gasteiger partial charge in [-0.05, 0) is 31.5 Å². The molecule has 0 aliphatic carbocycles. The number of aryl methyl sites for hydroxylation is 1. The fourth-order valence-electron chi connectivity index (χ4n) is 2.90. The van der Waals surface area contributed by atoms with Crippen molar-refractivity contribution in [3.05, 3.63) is 35.8 Å². The molecule has 0 radical (unpaired) electrons. The number of pyridine rings is 1. The molecule has 2 aromatic rings. The number of hydrogen-bond donors (Lipinski definition) is 2. The van der Waals surface area contributed by atoms with Crippen LogP contribution in [-0.4, -0.2) is 68.4 Å². The van der Waals surface area contributed by atoms with Crippen LogP contribution in [0.1, 0.15) is 23.0 Å². The van der Waals surface area contributed by atoms with Gasteiger partial charge in [0.15, 0.2) is 0 Å². The van der Waals surface area contributed by atoms with E-state index < -0.39 is 18.2 Å². The lowest BCUT2D eigenvalue weighted by Gasteiger charge is -2.38. The van der Waals surface area contributed by atoms with Gasteiger partial charge in [-0.1, -0.05) is 0 Å². The van der Waals surface area contributed by atoms with Crippen molar-refractivity contribution < 1.29 is 19.7 Å². The molecule has 7 nitrogen and oxygen atoms in total. The first-order valence-electron chi connectivity index (χ1n) is 7.71. The molecule has 2 aromatic heterocycles. The number of aromatic nitrogens is 2. The lowest BCUT2D eigenvalue weighted by atomic mass is 10.0. The van der Waals surface area contributed by atoms with Crippen LogP contribution in [0.2, 0.25) is 0 Å². The Hall–Kier alpha value is -1.96. The number of ether oxygens (including phenoxy) is 1. The Morgan fingerprint density at radius 3 is 3.00 bits per heavy atom. The summed E-state index contributed by atoms with van der Waals surface area (Å²) in [6.07, 6.45) is 1.52. The zero-order valence-electron chi connectivity index (χ0n) is 13.2. The molecule has 124 valence electrons. The average Bonchev–Trinajstić information content (AvgIpc) is 2.95. The number of carbonyl (C=O) groups excluding carboxylic acids is 1. The highest BCUT2D eigenvalue weighted by atomic mass is 16.5. The summed E-state index contributed by atoms with van der Waals surface area (Å²) < 4.78 is 7.07. The molecule has 3 atom stereocenters. The molecule has 3 heterocycles. The van der Waals surface area contributed by atoms with Gasteiger partial charge in [-0.25, -0.2) is 4.98 Å². The lowest BCUT2D eigenvalue weighted by molar-refractivity contribution is -0.125. The van der Waals surface area contributed by atoms with Gasteiger partial charge in [0.05, 0.1) is 19.3 Å². The molecule has 0 unspecified atom stereocenters. The number of aliphatic hydroxyl groups excluding tert-OH is 2. The summed E-state index contributed by atoms with van der Waals surface area (Å²) in [5, 5.41) is 19.9. The fraction of sp³-hybridized carbons (Fsp3) is 0.500. The molecule has 1 saturated heterocycles. The Morgan fingerprint density at radius 1 is 1.48 bits per heavy atom. The number of amides is 1. The van der Waals surface area contributed by atoms with E-state index in [1.165, 1.54) is 4.90 Å². The number of imidazole rings is 1. The smallest absolute Gasteiger partial charge is 0.274 e. The summed E-state index contributed by atoms with van der Waals surface area (Å²) in [5.41, 5.74) is 2.07. The number of nitrogens with zero attached hydrogens (tertiary/aromatic N) is 3. The van der Waals surface area contributed by atoms with Crippen LogP contribution in [0, 0.1) is 6.92 Å². The number of carbonyl (C=O) groups is 1. The second-order valence-corrected chi connectivity index (χ2v) is 5.85. The van der Waals surface area contributed by atoms with E-state index in [-0.39, 0.29) is 19.1 Å². The Kier molecular flexibility index (Phi) is 4.34. The number of likely N-dealkylation sites (N-methyl/N-ethyl adjacent to an activating group) is 1. The molecular formula is C16H21N3O4. The van der Waals surface area contributed by atoms with Crippen molar-refractivity contribution in [2.75, 3.05) is 19.8 Å². The highest BCUT2D eigenvalue weighted by Gasteiger charge is 2.37. The summed E-state index contributed by atoms with van der Waals surface area (Å²) in [7, 11) is 0. The van der Waals surface area contributed by atoms with Crippen LogP contribution in [0.4, 0.5) is 0 Å². The molecule has 23 heavy (non-hydrogen) atoms. The fourth-order valence-corrected chi connectivity index (χ4v) is 2.90. The van der Waals surface area contributed by atoms with Gasteiger partial charge in [0.1, 0.15) is 23.5 Å². The topological polar surface area (TPSA) is 87.3 Å². The monoisotopic (exact) mass is 319 g/mol. The predicted octanol–water partition coefficient (Wildman–Crippen LogP) is 0.225. The van der Waals surface area contributed by atoms with Crippen LogP contribution in [-0.2, 0) is 4.74 Å².